The minimum absolute atomic E-state index is 0.180. The van der Waals surface area contributed by atoms with Crippen LogP contribution in [0.1, 0.15) is 82.0 Å². The van der Waals surface area contributed by atoms with Crippen LogP contribution in [-0.2, 0) is 10.3 Å². The Labute approximate surface area is 231 Å². The van der Waals surface area contributed by atoms with Gasteiger partial charge in [0.1, 0.15) is 5.60 Å². The summed E-state index contributed by atoms with van der Waals surface area (Å²) in [4.78, 5) is 27.5. The quantitative estimate of drug-likeness (QED) is 0.412. The van der Waals surface area contributed by atoms with Crippen molar-refractivity contribution < 1.29 is 14.3 Å². The Morgan fingerprint density at radius 2 is 1.69 bits per heavy atom. The zero-order valence-corrected chi connectivity index (χ0v) is 23.7. The lowest BCUT2D eigenvalue weighted by Gasteiger charge is -2.45. The Morgan fingerprint density at radius 3 is 2.23 bits per heavy atom. The van der Waals surface area contributed by atoms with Crippen LogP contribution in [-0.4, -0.2) is 44.7 Å². The van der Waals surface area contributed by atoms with E-state index < -0.39 is 11.1 Å². The highest BCUT2D eigenvalue weighted by molar-refractivity contribution is 5.92. The summed E-state index contributed by atoms with van der Waals surface area (Å²) < 4.78 is 6.20. The molecule has 0 spiro atoms. The van der Waals surface area contributed by atoms with Gasteiger partial charge in [-0.05, 0) is 64.8 Å². The van der Waals surface area contributed by atoms with E-state index in [1.165, 1.54) is 0 Å². The van der Waals surface area contributed by atoms with E-state index in [2.05, 4.69) is 15.5 Å². The number of nitrogens with one attached hydrogen (secondary N) is 1. The first-order valence-electron chi connectivity index (χ1n) is 13.4. The first-order chi connectivity index (χ1) is 18.3. The number of nitrogens with zero attached hydrogens (tertiary/aromatic N) is 3. The van der Waals surface area contributed by atoms with Gasteiger partial charge in [0.05, 0.1) is 11.7 Å². The van der Waals surface area contributed by atoms with Crippen LogP contribution >= 0.6 is 0 Å². The number of ether oxygens (including phenoxy) is 1. The summed E-state index contributed by atoms with van der Waals surface area (Å²) in [6.07, 6.45) is 0.835. The predicted octanol–water partition coefficient (Wildman–Crippen LogP) is 5.60. The molecule has 0 aliphatic carbocycles. The van der Waals surface area contributed by atoms with Gasteiger partial charge in [0.2, 0.25) is 0 Å². The lowest BCUT2D eigenvalue weighted by molar-refractivity contribution is -0.0739. The van der Waals surface area contributed by atoms with E-state index in [0.717, 1.165) is 16.7 Å². The summed E-state index contributed by atoms with van der Waals surface area (Å²) in [6.45, 7) is 12.2. The molecular formula is C31H39N5O3. The smallest absolute Gasteiger partial charge is 0.411 e. The van der Waals surface area contributed by atoms with E-state index in [1.807, 2.05) is 96.1 Å². The number of aromatic nitrogens is 2. The molecule has 1 fully saturated rings. The second-order valence-electron chi connectivity index (χ2n) is 12.1. The third-order valence-corrected chi connectivity index (χ3v) is 6.86. The maximum Gasteiger partial charge on any atom is 0.411 e. The molecule has 1 aliphatic rings. The van der Waals surface area contributed by atoms with Crippen molar-refractivity contribution in [3.8, 4) is 11.3 Å². The Hall–Kier alpha value is -3.78. The van der Waals surface area contributed by atoms with Crippen molar-refractivity contribution >= 4 is 12.0 Å². The predicted molar refractivity (Wildman–Crippen MR) is 152 cm³/mol. The van der Waals surface area contributed by atoms with Gasteiger partial charge in [0.15, 0.2) is 5.69 Å². The molecule has 8 heteroatoms. The van der Waals surface area contributed by atoms with Crippen molar-refractivity contribution in [2.24, 2.45) is 5.73 Å². The number of hydrogen-bond acceptors (Lipinski definition) is 6. The van der Waals surface area contributed by atoms with Crippen molar-refractivity contribution in [1.82, 2.24) is 20.4 Å². The minimum Gasteiger partial charge on any atom is -0.438 e. The average molecular weight is 530 g/mol. The highest BCUT2D eigenvalue weighted by atomic mass is 16.6. The second-order valence-corrected chi connectivity index (χ2v) is 12.1. The fourth-order valence-corrected chi connectivity index (χ4v) is 5.05. The van der Waals surface area contributed by atoms with Gasteiger partial charge >= 0.3 is 6.09 Å². The molecule has 39 heavy (non-hydrogen) atoms. The number of benzene rings is 2. The van der Waals surface area contributed by atoms with Gasteiger partial charge < -0.3 is 20.7 Å². The van der Waals surface area contributed by atoms with Gasteiger partial charge in [-0.3, -0.25) is 4.79 Å². The molecule has 1 aromatic heterocycles. The first-order valence-corrected chi connectivity index (χ1v) is 13.4. The van der Waals surface area contributed by atoms with Crippen LogP contribution in [0.2, 0.25) is 0 Å². The zero-order valence-electron chi connectivity index (χ0n) is 23.7. The average Bonchev–Trinajstić information content (AvgIpc) is 2.87. The molecule has 0 bridgehead atoms. The molecular weight excluding hydrogens is 490 g/mol. The second kappa shape index (κ2) is 10.8. The van der Waals surface area contributed by atoms with Crippen LogP contribution in [0.5, 0.6) is 0 Å². The van der Waals surface area contributed by atoms with Gasteiger partial charge in [-0.2, -0.15) is 0 Å². The van der Waals surface area contributed by atoms with Crippen LogP contribution < -0.4 is 11.1 Å². The fraction of sp³-hybridized carbons (Fsp3) is 0.419. The summed E-state index contributed by atoms with van der Waals surface area (Å²) >= 11 is 0. The van der Waals surface area contributed by atoms with Crippen molar-refractivity contribution in [2.75, 3.05) is 6.54 Å². The molecule has 0 radical (unpaired) electrons. The lowest BCUT2D eigenvalue weighted by atomic mass is 9.79. The number of rotatable bonds is 7. The van der Waals surface area contributed by atoms with Gasteiger partial charge in [0, 0.05) is 36.0 Å². The van der Waals surface area contributed by atoms with Gasteiger partial charge in [-0.15, -0.1) is 10.2 Å². The summed E-state index contributed by atoms with van der Waals surface area (Å²) in [7, 11) is 0. The molecule has 2 atom stereocenters. The van der Waals surface area contributed by atoms with Crippen LogP contribution in [0.3, 0.4) is 0 Å². The zero-order chi connectivity index (χ0) is 28.4. The fourth-order valence-electron chi connectivity index (χ4n) is 5.05. The minimum atomic E-state index is -0.759. The maximum absolute atomic E-state index is 13.4. The third kappa shape index (κ3) is 6.81. The van der Waals surface area contributed by atoms with E-state index >= 15 is 0 Å². The van der Waals surface area contributed by atoms with Gasteiger partial charge in [-0.1, -0.05) is 54.6 Å². The molecule has 2 amide bonds. The maximum atomic E-state index is 13.4. The number of cyclic esters (lactones) is 1. The molecule has 0 saturated carbocycles. The molecule has 3 N–H and O–H groups in total. The molecule has 1 aliphatic heterocycles. The van der Waals surface area contributed by atoms with Crippen molar-refractivity contribution in [2.45, 2.75) is 77.1 Å². The van der Waals surface area contributed by atoms with Crippen LogP contribution in [0, 0.1) is 0 Å². The molecule has 8 nitrogen and oxygen atoms in total. The van der Waals surface area contributed by atoms with Gasteiger partial charge in [0.25, 0.3) is 5.91 Å². The number of amides is 2. The van der Waals surface area contributed by atoms with Crippen molar-refractivity contribution in [3.63, 3.8) is 0 Å². The number of hydrogen-bond donors (Lipinski definition) is 2. The number of carbonyl (C=O) groups is 2. The third-order valence-electron chi connectivity index (χ3n) is 6.86. The Balaban J connectivity index is 1.47. The summed E-state index contributed by atoms with van der Waals surface area (Å²) in [6, 6.07) is 21.0. The van der Waals surface area contributed by atoms with E-state index in [9.17, 15) is 9.59 Å². The molecule has 2 heterocycles. The molecule has 0 unspecified atom stereocenters. The van der Waals surface area contributed by atoms with Crippen molar-refractivity contribution in [3.05, 3.63) is 83.6 Å². The first kappa shape index (κ1) is 28.2. The summed E-state index contributed by atoms with van der Waals surface area (Å²) in [5.74, 6) is -0.259. The highest BCUT2D eigenvalue weighted by Gasteiger charge is 2.45. The van der Waals surface area contributed by atoms with E-state index in [-0.39, 0.29) is 29.3 Å². The standard InChI is InChI=1S/C31H39N5O3/c1-21(36-19-18-31(39-28(36)38,20-30(5,6)32)24-10-8-7-9-11-24)22-12-14-23(15-13-22)25-16-17-26(35-34-25)27(37)33-29(2,3)4/h7-17,21H,18-20,32H2,1-6H3,(H,33,37)/t21-,31-/m0/s1. The monoisotopic (exact) mass is 529 g/mol. The van der Waals surface area contributed by atoms with E-state index in [4.69, 9.17) is 10.5 Å². The van der Waals surface area contributed by atoms with Gasteiger partial charge in [-0.25, -0.2) is 4.79 Å². The summed E-state index contributed by atoms with van der Waals surface area (Å²) in [5, 5.41) is 11.2. The van der Waals surface area contributed by atoms with E-state index in [0.29, 0.717) is 25.1 Å². The molecule has 2 aromatic carbocycles. The molecule has 4 rings (SSSR count). The topological polar surface area (TPSA) is 110 Å². The normalized spacial score (nSPS) is 18.8. The van der Waals surface area contributed by atoms with Crippen LogP contribution in [0.15, 0.2) is 66.7 Å². The van der Waals surface area contributed by atoms with Crippen molar-refractivity contribution in [1.29, 1.82) is 0 Å². The van der Waals surface area contributed by atoms with Crippen LogP contribution in [0.25, 0.3) is 11.3 Å². The molecule has 206 valence electrons. The molecule has 3 aromatic rings. The SMILES string of the molecule is C[C@@H](c1ccc(-c2ccc(C(=O)NC(C)(C)C)nn2)cc1)N1CC[C@](CC(C)(C)N)(c2ccccc2)OC1=O. The van der Waals surface area contributed by atoms with Crippen LogP contribution in [0.4, 0.5) is 4.79 Å². The largest absolute Gasteiger partial charge is 0.438 e. The summed E-state index contributed by atoms with van der Waals surface area (Å²) in [5.41, 5.74) is 8.54. The highest BCUT2D eigenvalue weighted by Crippen LogP contribution is 2.42. The van der Waals surface area contributed by atoms with E-state index in [1.54, 1.807) is 17.0 Å². The lowest BCUT2D eigenvalue weighted by Crippen LogP contribution is -2.52. The Bertz CT molecular complexity index is 1300. The Kier molecular flexibility index (Phi) is 7.80. The number of nitrogens with two attached hydrogens (primary N) is 1. The Morgan fingerprint density at radius 1 is 1.03 bits per heavy atom. The number of carbonyl (C=O) groups excluding carboxylic acids is 2. The molecule has 1 saturated heterocycles.